The van der Waals surface area contributed by atoms with Crippen LogP contribution in [0.3, 0.4) is 0 Å². The van der Waals surface area contributed by atoms with E-state index in [2.05, 4.69) is 5.16 Å². The van der Waals surface area contributed by atoms with Gasteiger partial charge in [0.15, 0.2) is 0 Å². The van der Waals surface area contributed by atoms with Gasteiger partial charge >= 0.3 is 6.09 Å². The third kappa shape index (κ3) is 4.34. The maximum atomic E-state index is 11.9. The number of ether oxygens (including phenoxy) is 1. The predicted octanol–water partition coefficient (Wildman–Crippen LogP) is 3.71. The highest BCUT2D eigenvalue weighted by Gasteiger charge is 2.19. The van der Waals surface area contributed by atoms with Crippen molar-refractivity contribution >= 4 is 6.09 Å². The molecule has 0 atom stereocenters. The molecule has 2 rings (SSSR count). The lowest BCUT2D eigenvalue weighted by molar-refractivity contribution is 0.0285. The van der Waals surface area contributed by atoms with Crippen LogP contribution >= 0.6 is 0 Å². The summed E-state index contributed by atoms with van der Waals surface area (Å²) in [5, 5.41) is 3.80. The van der Waals surface area contributed by atoms with E-state index in [1.807, 2.05) is 45.0 Å². The summed E-state index contributed by atoms with van der Waals surface area (Å²) in [5.74, 6) is 0. The summed E-state index contributed by atoms with van der Waals surface area (Å²) in [6, 6.07) is 9.15. The maximum Gasteiger partial charge on any atom is 0.410 e. The molecule has 0 unspecified atom stereocenters. The van der Waals surface area contributed by atoms with E-state index in [0.717, 1.165) is 11.1 Å². The largest absolute Gasteiger partial charge is 0.444 e. The number of hydrogen-bond acceptors (Lipinski definition) is 4. The second-order valence-electron chi connectivity index (χ2n) is 5.86. The second-order valence-corrected chi connectivity index (χ2v) is 5.86. The molecule has 112 valence electrons. The van der Waals surface area contributed by atoms with Gasteiger partial charge in [0.2, 0.25) is 0 Å². The third-order valence-electron chi connectivity index (χ3n) is 2.77. The lowest BCUT2D eigenvalue weighted by Crippen LogP contribution is -2.33. The molecule has 0 fully saturated rings. The average Bonchev–Trinajstić information content (AvgIpc) is 2.84. The Hall–Kier alpha value is -2.30. The Kier molecular flexibility index (Phi) is 3.90. The molecule has 21 heavy (non-hydrogen) atoms. The minimum Gasteiger partial charge on any atom is -0.444 e. The van der Waals surface area contributed by atoms with Crippen molar-refractivity contribution in [3.63, 3.8) is 0 Å². The first-order chi connectivity index (χ1) is 10.2. The topological polar surface area (TPSA) is 55.6 Å². The van der Waals surface area contributed by atoms with E-state index in [9.17, 15) is 4.79 Å². The minimum atomic E-state index is -0.504. The highest BCUT2D eigenvalue weighted by molar-refractivity contribution is 5.68. The Morgan fingerprint density at radius 2 is 2.00 bits per heavy atom. The van der Waals surface area contributed by atoms with Crippen LogP contribution in [-0.4, -0.2) is 28.8 Å². The molecule has 5 nitrogen and oxygen atoms in total. The van der Waals surface area contributed by atoms with Crippen LogP contribution in [0, 0.1) is 0 Å². The Morgan fingerprint density at radius 1 is 1.33 bits per heavy atom. The fourth-order valence-corrected chi connectivity index (χ4v) is 1.78. The lowest BCUT2D eigenvalue weighted by Gasteiger charge is -2.24. The van der Waals surface area contributed by atoms with E-state index >= 15 is 0 Å². The molecule has 0 spiro atoms. The van der Waals surface area contributed by atoms with Crippen molar-refractivity contribution in [1.82, 2.24) is 10.1 Å². The number of carbonyl (C=O) groups excluding carboxylic acids is 1. The average molecular weight is 289 g/mol. The molecule has 0 N–H and O–H groups in total. The van der Waals surface area contributed by atoms with Crippen LogP contribution in [0.4, 0.5) is 4.79 Å². The van der Waals surface area contributed by atoms with E-state index in [0.29, 0.717) is 12.2 Å². The van der Waals surface area contributed by atoms with Crippen molar-refractivity contribution in [3.8, 4) is 11.3 Å². The summed E-state index contributed by atoms with van der Waals surface area (Å²) >= 11 is 0. The molecule has 0 aliphatic rings. The van der Waals surface area contributed by atoms with Gasteiger partial charge in [-0.1, -0.05) is 29.4 Å². The molecule has 0 aliphatic carbocycles. The van der Waals surface area contributed by atoms with Crippen LogP contribution in [0.25, 0.3) is 11.3 Å². The monoisotopic (exact) mass is 289 g/mol. The molecular weight excluding hydrogens is 268 g/mol. The van der Waals surface area contributed by atoms with Crippen LogP contribution in [0.5, 0.6) is 0 Å². The maximum absolute atomic E-state index is 11.9. The molecular formula is C16H20N2O3. The number of amides is 1. The zero-order valence-corrected chi connectivity index (χ0v) is 12.7. The number of hydrogen-bond donors (Lipinski definition) is 0. The Bertz CT molecular complexity index is 644. The smallest absolute Gasteiger partial charge is 0.410 e. The lowest BCUT2D eigenvalue weighted by atomic mass is 10.1. The summed E-state index contributed by atoms with van der Waals surface area (Å²) in [7, 11) is 1.70. The fraction of sp³-hybridized carbons (Fsp3) is 0.375. The first-order valence-corrected chi connectivity index (χ1v) is 6.71. The molecule has 5 heteroatoms. The second kappa shape index (κ2) is 5.99. The van der Waals surface area contributed by atoms with Gasteiger partial charge in [-0.25, -0.2) is 4.79 Å². The standard InChI is InChI=1S/C16H20N2O3/c1-16(2,3)21-15(19)18(4)11-12-5-7-13(8-6-12)14-9-10-20-17-14/h5-10H,11H2,1-4H3/i10D. The summed E-state index contributed by atoms with van der Waals surface area (Å²) in [5.41, 5.74) is 1.96. The van der Waals surface area contributed by atoms with Gasteiger partial charge in [-0.15, -0.1) is 0 Å². The highest BCUT2D eigenvalue weighted by Crippen LogP contribution is 2.18. The van der Waals surface area contributed by atoms with E-state index in [1.165, 1.54) is 4.90 Å². The third-order valence-corrected chi connectivity index (χ3v) is 2.77. The summed E-state index contributed by atoms with van der Waals surface area (Å²) < 4.78 is 17.4. The Balaban J connectivity index is 2.00. The predicted molar refractivity (Wildman–Crippen MR) is 79.6 cm³/mol. The SMILES string of the molecule is [2H]c1cc(-c2ccc(CN(C)C(=O)OC(C)(C)C)cc2)no1. The van der Waals surface area contributed by atoms with Gasteiger partial charge < -0.3 is 14.2 Å². The van der Waals surface area contributed by atoms with Gasteiger partial charge in [-0.2, -0.15) is 0 Å². The molecule has 0 saturated heterocycles. The van der Waals surface area contributed by atoms with Gasteiger partial charge in [-0.3, -0.25) is 0 Å². The number of rotatable bonds is 3. The van der Waals surface area contributed by atoms with Crippen LogP contribution in [-0.2, 0) is 11.3 Å². The first kappa shape index (κ1) is 13.7. The summed E-state index contributed by atoms with van der Waals surface area (Å²) in [4.78, 5) is 13.4. The molecule has 0 radical (unpaired) electrons. The molecule has 0 bridgehead atoms. The van der Waals surface area contributed by atoms with Crippen molar-refractivity contribution < 1.29 is 15.4 Å². The molecule has 1 amide bonds. The van der Waals surface area contributed by atoms with Crippen LogP contribution < -0.4 is 0 Å². The van der Waals surface area contributed by atoms with E-state index in [-0.39, 0.29) is 12.3 Å². The van der Waals surface area contributed by atoms with Crippen molar-refractivity contribution in [3.05, 3.63) is 42.1 Å². The molecule has 0 saturated carbocycles. The highest BCUT2D eigenvalue weighted by atomic mass is 16.6. The zero-order chi connectivity index (χ0) is 16.3. The molecule has 1 aromatic heterocycles. The number of nitrogens with zero attached hydrogens (tertiary/aromatic N) is 2. The minimum absolute atomic E-state index is 0.0312. The summed E-state index contributed by atoms with van der Waals surface area (Å²) in [6.07, 6.45) is -0.323. The van der Waals surface area contributed by atoms with E-state index in [1.54, 1.807) is 13.1 Å². The number of carbonyl (C=O) groups is 1. The van der Waals surface area contributed by atoms with Gasteiger partial charge in [0.1, 0.15) is 18.9 Å². The zero-order valence-electron chi connectivity index (χ0n) is 13.7. The van der Waals surface area contributed by atoms with Crippen LogP contribution in [0.15, 0.2) is 41.1 Å². The van der Waals surface area contributed by atoms with Gasteiger partial charge in [0.25, 0.3) is 0 Å². The summed E-state index contributed by atoms with van der Waals surface area (Å²) in [6.45, 7) is 5.97. The quantitative estimate of drug-likeness (QED) is 0.864. The van der Waals surface area contributed by atoms with Crippen LogP contribution in [0.2, 0.25) is 0 Å². The Labute approximate surface area is 125 Å². The van der Waals surface area contributed by atoms with Crippen molar-refractivity contribution in [2.45, 2.75) is 32.9 Å². The van der Waals surface area contributed by atoms with Gasteiger partial charge in [0.05, 0.1) is 0 Å². The van der Waals surface area contributed by atoms with E-state index < -0.39 is 5.60 Å². The first-order valence-electron chi connectivity index (χ1n) is 7.21. The van der Waals surface area contributed by atoms with E-state index in [4.69, 9.17) is 10.6 Å². The van der Waals surface area contributed by atoms with Crippen molar-refractivity contribution in [2.75, 3.05) is 7.05 Å². The normalized spacial score (nSPS) is 11.9. The number of benzene rings is 1. The molecule has 1 aromatic carbocycles. The molecule has 0 aliphatic heterocycles. The fourth-order valence-electron chi connectivity index (χ4n) is 1.78. The van der Waals surface area contributed by atoms with Crippen LogP contribution in [0.1, 0.15) is 27.7 Å². The van der Waals surface area contributed by atoms with Gasteiger partial charge in [-0.05, 0) is 26.3 Å². The molecule has 1 heterocycles. The van der Waals surface area contributed by atoms with Crippen molar-refractivity contribution in [2.24, 2.45) is 0 Å². The van der Waals surface area contributed by atoms with Crippen molar-refractivity contribution in [1.29, 1.82) is 0 Å². The van der Waals surface area contributed by atoms with Gasteiger partial charge in [0, 0.05) is 25.2 Å². The number of aromatic nitrogens is 1. The molecule has 2 aromatic rings. The Morgan fingerprint density at radius 3 is 2.52 bits per heavy atom.